The molecule has 0 aromatic heterocycles. The third-order valence-corrected chi connectivity index (χ3v) is 4.15. The lowest BCUT2D eigenvalue weighted by Gasteiger charge is -2.22. The topological polar surface area (TPSA) is 53.3 Å². The van der Waals surface area contributed by atoms with Crippen molar-refractivity contribution in [2.24, 2.45) is 0 Å². The number of nitriles is 1. The predicted molar refractivity (Wildman–Crippen MR) is 103 cm³/mol. The lowest BCUT2D eigenvalue weighted by Crippen LogP contribution is -2.35. The molecule has 0 bridgehead atoms. The number of carbonyl (C=O) groups is 1. The van der Waals surface area contributed by atoms with E-state index in [1.54, 1.807) is 4.90 Å². The molecule has 0 N–H and O–H groups in total. The summed E-state index contributed by atoms with van der Waals surface area (Å²) in [5, 5.41) is 8.84. The molecule has 1 amide bonds. The van der Waals surface area contributed by atoms with Gasteiger partial charge in [0.15, 0.2) is 6.61 Å². The van der Waals surface area contributed by atoms with Crippen LogP contribution in [0.15, 0.2) is 54.6 Å². The first-order valence-corrected chi connectivity index (χ1v) is 8.82. The Kier molecular flexibility index (Phi) is 6.80. The summed E-state index contributed by atoms with van der Waals surface area (Å²) in [6.45, 7) is 7.31. The van der Waals surface area contributed by atoms with E-state index in [0.29, 0.717) is 25.3 Å². The lowest BCUT2D eigenvalue weighted by atomic mass is 9.87. The summed E-state index contributed by atoms with van der Waals surface area (Å²) < 4.78 is 5.66. The Morgan fingerprint density at radius 2 is 1.73 bits per heavy atom. The van der Waals surface area contributed by atoms with Gasteiger partial charge in [-0.2, -0.15) is 5.26 Å². The minimum Gasteiger partial charge on any atom is -0.484 e. The Hall–Kier alpha value is -2.80. The molecular weight excluding hydrogens is 324 g/mol. The van der Waals surface area contributed by atoms with Gasteiger partial charge in [0.1, 0.15) is 5.75 Å². The van der Waals surface area contributed by atoms with E-state index in [-0.39, 0.29) is 17.9 Å². The third kappa shape index (κ3) is 5.93. The molecule has 0 aliphatic rings. The Morgan fingerprint density at radius 1 is 1.08 bits per heavy atom. The second kappa shape index (κ2) is 9.05. The SMILES string of the molecule is CC(C)(C)c1ccc(OCC(=O)N(CCC#N)Cc2ccccc2)cc1. The van der Waals surface area contributed by atoms with E-state index >= 15 is 0 Å². The molecule has 0 unspecified atom stereocenters. The highest BCUT2D eigenvalue weighted by atomic mass is 16.5. The molecule has 0 aliphatic heterocycles. The molecule has 0 heterocycles. The van der Waals surface area contributed by atoms with Crippen LogP contribution in [0.2, 0.25) is 0 Å². The van der Waals surface area contributed by atoms with Crippen molar-refractivity contribution in [2.45, 2.75) is 39.2 Å². The quantitative estimate of drug-likeness (QED) is 0.748. The molecule has 0 saturated heterocycles. The third-order valence-electron chi connectivity index (χ3n) is 4.15. The second-order valence-corrected chi connectivity index (χ2v) is 7.27. The zero-order valence-corrected chi connectivity index (χ0v) is 15.7. The average Bonchev–Trinajstić information content (AvgIpc) is 2.63. The molecule has 136 valence electrons. The molecule has 26 heavy (non-hydrogen) atoms. The van der Waals surface area contributed by atoms with Gasteiger partial charge < -0.3 is 9.64 Å². The summed E-state index contributed by atoms with van der Waals surface area (Å²) in [6, 6.07) is 19.7. The van der Waals surface area contributed by atoms with Crippen molar-refractivity contribution in [3.05, 3.63) is 65.7 Å². The van der Waals surface area contributed by atoms with Gasteiger partial charge >= 0.3 is 0 Å². The van der Waals surface area contributed by atoms with Crippen LogP contribution in [-0.4, -0.2) is 24.0 Å². The van der Waals surface area contributed by atoms with Crippen LogP contribution < -0.4 is 4.74 Å². The summed E-state index contributed by atoms with van der Waals surface area (Å²) in [6.07, 6.45) is 0.304. The normalized spacial score (nSPS) is 10.8. The Bertz CT molecular complexity index is 740. The molecule has 2 aromatic rings. The minimum absolute atomic E-state index is 0.0346. The number of rotatable bonds is 7. The fourth-order valence-electron chi connectivity index (χ4n) is 2.57. The molecule has 0 spiro atoms. The van der Waals surface area contributed by atoms with Crippen molar-refractivity contribution in [1.29, 1.82) is 5.26 Å². The molecule has 0 aliphatic carbocycles. The number of nitrogens with zero attached hydrogens (tertiary/aromatic N) is 2. The highest BCUT2D eigenvalue weighted by Gasteiger charge is 2.16. The molecule has 4 heteroatoms. The van der Waals surface area contributed by atoms with Crippen molar-refractivity contribution in [3.63, 3.8) is 0 Å². The van der Waals surface area contributed by atoms with Crippen molar-refractivity contribution >= 4 is 5.91 Å². The molecule has 0 radical (unpaired) electrons. The summed E-state index contributed by atoms with van der Waals surface area (Å²) in [7, 11) is 0. The van der Waals surface area contributed by atoms with Crippen LogP contribution in [0, 0.1) is 11.3 Å². The average molecular weight is 350 g/mol. The standard InChI is InChI=1S/C22H26N2O2/c1-22(2,3)19-10-12-20(13-11-19)26-17-21(25)24(15-7-14-23)16-18-8-5-4-6-9-18/h4-6,8-13H,7,15-17H2,1-3H3. The van der Waals surface area contributed by atoms with Crippen LogP contribution in [0.3, 0.4) is 0 Å². The van der Waals surface area contributed by atoms with Gasteiger partial charge in [0.2, 0.25) is 0 Å². The number of ether oxygens (including phenoxy) is 1. The first-order chi connectivity index (χ1) is 12.4. The maximum atomic E-state index is 12.5. The van der Waals surface area contributed by atoms with E-state index in [1.165, 1.54) is 5.56 Å². The monoisotopic (exact) mass is 350 g/mol. The van der Waals surface area contributed by atoms with Gasteiger partial charge in [-0.05, 0) is 28.7 Å². The Morgan fingerprint density at radius 3 is 2.31 bits per heavy atom. The zero-order chi connectivity index (χ0) is 19.0. The van der Waals surface area contributed by atoms with Gasteiger partial charge in [-0.15, -0.1) is 0 Å². The second-order valence-electron chi connectivity index (χ2n) is 7.27. The molecule has 0 atom stereocenters. The van der Waals surface area contributed by atoms with Gasteiger partial charge in [0.05, 0.1) is 12.5 Å². The predicted octanol–water partition coefficient (Wildman–Crippen LogP) is 4.31. The maximum absolute atomic E-state index is 12.5. The van der Waals surface area contributed by atoms with E-state index in [2.05, 4.69) is 26.8 Å². The summed E-state index contributed by atoms with van der Waals surface area (Å²) in [5.41, 5.74) is 2.34. The maximum Gasteiger partial charge on any atom is 0.260 e. The fourth-order valence-corrected chi connectivity index (χ4v) is 2.57. The van der Waals surface area contributed by atoms with E-state index < -0.39 is 0 Å². The van der Waals surface area contributed by atoms with Crippen LogP contribution in [-0.2, 0) is 16.8 Å². The lowest BCUT2D eigenvalue weighted by molar-refractivity contribution is -0.133. The first kappa shape index (κ1) is 19.5. The Balaban J connectivity index is 1.97. The molecule has 2 aromatic carbocycles. The van der Waals surface area contributed by atoms with Gasteiger partial charge in [-0.3, -0.25) is 4.79 Å². The highest BCUT2D eigenvalue weighted by Crippen LogP contribution is 2.24. The first-order valence-electron chi connectivity index (χ1n) is 8.82. The van der Waals surface area contributed by atoms with E-state index in [9.17, 15) is 4.79 Å². The fraction of sp³-hybridized carbons (Fsp3) is 0.364. The van der Waals surface area contributed by atoms with Gasteiger partial charge in [0, 0.05) is 13.1 Å². The summed E-state index contributed by atoms with van der Waals surface area (Å²) in [5.74, 6) is 0.551. The number of amides is 1. The number of carbonyl (C=O) groups excluding carboxylic acids is 1. The molecule has 0 saturated carbocycles. The summed E-state index contributed by atoms with van der Waals surface area (Å²) >= 11 is 0. The molecule has 2 rings (SSSR count). The van der Waals surface area contributed by atoms with Crippen LogP contribution in [0.25, 0.3) is 0 Å². The summed E-state index contributed by atoms with van der Waals surface area (Å²) in [4.78, 5) is 14.2. The van der Waals surface area contributed by atoms with Gasteiger partial charge in [-0.25, -0.2) is 0 Å². The molecule has 0 fully saturated rings. The molecular formula is C22H26N2O2. The van der Waals surface area contributed by atoms with Crippen LogP contribution in [0.4, 0.5) is 0 Å². The highest BCUT2D eigenvalue weighted by molar-refractivity contribution is 5.77. The van der Waals surface area contributed by atoms with Crippen molar-refractivity contribution < 1.29 is 9.53 Å². The molecule has 4 nitrogen and oxygen atoms in total. The van der Waals surface area contributed by atoms with Crippen molar-refractivity contribution in [1.82, 2.24) is 4.90 Å². The largest absolute Gasteiger partial charge is 0.484 e. The van der Waals surface area contributed by atoms with Crippen LogP contribution >= 0.6 is 0 Å². The number of hydrogen-bond donors (Lipinski definition) is 0. The van der Waals surface area contributed by atoms with Crippen molar-refractivity contribution in [2.75, 3.05) is 13.2 Å². The minimum atomic E-state index is -0.121. The van der Waals surface area contributed by atoms with Gasteiger partial charge in [0.25, 0.3) is 5.91 Å². The smallest absolute Gasteiger partial charge is 0.260 e. The number of hydrogen-bond acceptors (Lipinski definition) is 3. The van der Waals surface area contributed by atoms with E-state index in [4.69, 9.17) is 10.00 Å². The van der Waals surface area contributed by atoms with Crippen molar-refractivity contribution in [3.8, 4) is 11.8 Å². The van der Waals surface area contributed by atoms with Gasteiger partial charge in [-0.1, -0.05) is 63.2 Å². The van der Waals surface area contributed by atoms with Crippen LogP contribution in [0.5, 0.6) is 5.75 Å². The van der Waals surface area contributed by atoms with E-state index in [1.807, 2.05) is 54.6 Å². The number of benzene rings is 2. The Labute approximate surface area is 156 Å². The van der Waals surface area contributed by atoms with Crippen LogP contribution in [0.1, 0.15) is 38.3 Å². The zero-order valence-electron chi connectivity index (χ0n) is 15.7. The van der Waals surface area contributed by atoms with E-state index in [0.717, 1.165) is 5.56 Å².